The van der Waals surface area contributed by atoms with E-state index in [1.807, 2.05) is 36.4 Å². The molecule has 0 bridgehead atoms. The Kier molecular flexibility index (Phi) is 6.63. The molecule has 3 nitrogen and oxygen atoms in total. The van der Waals surface area contributed by atoms with E-state index >= 15 is 0 Å². The Balaban J connectivity index is 1.32. The van der Waals surface area contributed by atoms with Crippen molar-refractivity contribution in [1.29, 1.82) is 0 Å². The summed E-state index contributed by atoms with van der Waals surface area (Å²) in [7, 11) is 0. The number of carbonyl (C=O) groups excluding carboxylic acids is 1. The minimum absolute atomic E-state index is 0.249. The minimum atomic E-state index is 0.249. The molecule has 1 aliphatic heterocycles. The lowest BCUT2D eigenvalue weighted by Crippen LogP contribution is -2.37. The van der Waals surface area contributed by atoms with E-state index in [2.05, 4.69) is 34.5 Å². The number of carbonyl (C=O) groups is 1. The van der Waals surface area contributed by atoms with Crippen LogP contribution in [0.25, 0.3) is 0 Å². The van der Waals surface area contributed by atoms with Crippen LogP contribution in [-0.2, 0) is 11.2 Å². The molecule has 25 heavy (non-hydrogen) atoms. The molecule has 132 valence electrons. The van der Waals surface area contributed by atoms with E-state index in [-0.39, 0.29) is 5.92 Å². The van der Waals surface area contributed by atoms with Crippen LogP contribution in [0.2, 0.25) is 0 Å². The van der Waals surface area contributed by atoms with Crippen molar-refractivity contribution in [1.82, 2.24) is 4.90 Å². The van der Waals surface area contributed by atoms with Crippen LogP contribution in [0.4, 0.5) is 5.69 Å². The van der Waals surface area contributed by atoms with Crippen molar-refractivity contribution in [3.05, 3.63) is 66.2 Å². The molecule has 1 aliphatic rings. The second kappa shape index (κ2) is 9.38. The Labute approximate surface area is 151 Å². The van der Waals surface area contributed by atoms with Crippen LogP contribution in [0.3, 0.4) is 0 Å². The quantitative estimate of drug-likeness (QED) is 0.739. The van der Waals surface area contributed by atoms with Crippen LogP contribution in [0, 0.1) is 5.92 Å². The summed E-state index contributed by atoms with van der Waals surface area (Å²) in [6.07, 6.45) is 3.75. The van der Waals surface area contributed by atoms with E-state index in [1.165, 1.54) is 5.69 Å². The third-order valence-corrected chi connectivity index (χ3v) is 5.02. The van der Waals surface area contributed by atoms with Crippen molar-refractivity contribution in [2.75, 3.05) is 31.5 Å². The second-order valence-electron chi connectivity index (χ2n) is 6.89. The number of nitrogens with one attached hydrogen (secondary N) is 1. The zero-order valence-corrected chi connectivity index (χ0v) is 14.9. The smallest absolute Gasteiger partial charge is 0.140 e. The fourth-order valence-corrected chi connectivity index (χ4v) is 3.51. The summed E-state index contributed by atoms with van der Waals surface area (Å²) in [4.78, 5) is 15.0. The molecule has 0 unspecified atom stereocenters. The maximum atomic E-state index is 12.5. The highest BCUT2D eigenvalue weighted by Gasteiger charge is 2.24. The predicted molar refractivity (Wildman–Crippen MR) is 104 cm³/mol. The first kappa shape index (κ1) is 17.7. The summed E-state index contributed by atoms with van der Waals surface area (Å²) >= 11 is 0. The van der Waals surface area contributed by atoms with Gasteiger partial charge >= 0.3 is 0 Å². The van der Waals surface area contributed by atoms with Crippen LogP contribution < -0.4 is 5.32 Å². The topological polar surface area (TPSA) is 32.3 Å². The molecule has 3 heteroatoms. The van der Waals surface area contributed by atoms with Gasteiger partial charge in [0, 0.05) is 24.6 Å². The lowest BCUT2D eigenvalue weighted by atomic mass is 9.89. The molecule has 2 aromatic carbocycles. The fraction of sp³-hybridized carbons (Fsp3) is 0.409. The van der Waals surface area contributed by atoms with Gasteiger partial charge in [0.1, 0.15) is 5.78 Å². The van der Waals surface area contributed by atoms with E-state index in [0.717, 1.165) is 51.0 Å². The standard InChI is InChI=1S/C22H28N2O/c25-22(18-19-8-3-1-4-9-19)20-12-16-24(17-13-20)15-7-14-23-21-10-5-2-6-11-21/h1-6,8-11,20,23H,7,12-18H2. The van der Waals surface area contributed by atoms with Crippen LogP contribution in [0.5, 0.6) is 0 Å². The van der Waals surface area contributed by atoms with Gasteiger partial charge in [-0.15, -0.1) is 0 Å². The zero-order valence-electron chi connectivity index (χ0n) is 14.9. The number of hydrogen-bond acceptors (Lipinski definition) is 3. The van der Waals surface area contributed by atoms with E-state index in [1.54, 1.807) is 0 Å². The van der Waals surface area contributed by atoms with Gasteiger partial charge in [-0.1, -0.05) is 48.5 Å². The Morgan fingerprint density at radius 2 is 1.60 bits per heavy atom. The molecule has 0 aliphatic carbocycles. The van der Waals surface area contributed by atoms with Crippen molar-refractivity contribution >= 4 is 11.5 Å². The summed E-state index contributed by atoms with van der Waals surface area (Å²) in [6.45, 7) is 4.21. The number of nitrogens with zero attached hydrogens (tertiary/aromatic N) is 1. The van der Waals surface area contributed by atoms with Crippen molar-refractivity contribution in [2.24, 2.45) is 5.92 Å². The molecule has 1 fully saturated rings. The average molecular weight is 336 g/mol. The molecule has 1 saturated heterocycles. The molecule has 1 heterocycles. The number of piperidine rings is 1. The number of para-hydroxylation sites is 1. The maximum absolute atomic E-state index is 12.5. The van der Waals surface area contributed by atoms with Gasteiger partial charge < -0.3 is 10.2 Å². The zero-order chi connectivity index (χ0) is 17.3. The molecular formula is C22H28N2O. The Bertz CT molecular complexity index is 634. The molecule has 0 spiro atoms. The number of ketones is 1. The van der Waals surface area contributed by atoms with Crippen molar-refractivity contribution < 1.29 is 4.79 Å². The van der Waals surface area contributed by atoms with Gasteiger partial charge in [-0.05, 0) is 56.6 Å². The van der Waals surface area contributed by atoms with Crippen molar-refractivity contribution in [3.8, 4) is 0 Å². The second-order valence-corrected chi connectivity index (χ2v) is 6.89. The first-order chi connectivity index (χ1) is 12.3. The highest BCUT2D eigenvalue weighted by Crippen LogP contribution is 2.20. The fourth-order valence-electron chi connectivity index (χ4n) is 3.51. The highest BCUT2D eigenvalue weighted by molar-refractivity contribution is 5.83. The summed E-state index contributed by atoms with van der Waals surface area (Å²) < 4.78 is 0. The Morgan fingerprint density at radius 1 is 0.960 bits per heavy atom. The molecule has 0 saturated carbocycles. The van der Waals surface area contributed by atoms with E-state index in [0.29, 0.717) is 12.2 Å². The third kappa shape index (κ3) is 5.71. The summed E-state index contributed by atoms with van der Waals surface area (Å²) in [6, 6.07) is 20.5. The summed E-state index contributed by atoms with van der Waals surface area (Å²) in [5.74, 6) is 0.662. The van der Waals surface area contributed by atoms with Gasteiger partial charge in [0.15, 0.2) is 0 Å². The lowest BCUT2D eigenvalue weighted by molar-refractivity contribution is -0.123. The number of rotatable bonds is 8. The maximum Gasteiger partial charge on any atom is 0.140 e. The lowest BCUT2D eigenvalue weighted by Gasteiger charge is -2.31. The number of hydrogen-bond donors (Lipinski definition) is 1. The van der Waals surface area contributed by atoms with E-state index < -0.39 is 0 Å². The molecule has 0 amide bonds. The molecule has 1 N–H and O–H groups in total. The molecule has 0 atom stereocenters. The van der Waals surface area contributed by atoms with Gasteiger partial charge in [-0.2, -0.15) is 0 Å². The van der Waals surface area contributed by atoms with E-state index in [4.69, 9.17) is 0 Å². The van der Waals surface area contributed by atoms with Crippen molar-refractivity contribution in [3.63, 3.8) is 0 Å². The third-order valence-electron chi connectivity index (χ3n) is 5.02. The average Bonchev–Trinajstić information content (AvgIpc) is 2.67. The first-order valence-electron chi connectivity index (χ1n) is 9.39. The van der Waals surface area contributed by atoms with Gasteiger partial charge in [-0.3, -0.25) is 4.79 Å². The number of likely N-dealkylation sites (tertiary alicyclic amines) is 1. The summed E-state index contributed by atoms with van der Waals surface area (Å²) in [5.41, 5.74) is 2.33. The van der Waals surface area contributed by atoms with Crippen LogP contribution in [-0.4, -0.2) is 36.9 Å². The minimum Gasteiger partial charge on any atom is -0.385 e. The van der Waals surface area contributed by atoms with Gasteiger partial charge in [-0.25, -0.2) is 0 Å². The Hall–Kier alpha value is -2.13. The highest BCUT2D eigenvalue weighted by atomic mass is 16.1. The number of anilines is 1. The SMILES string of the molecule is O=C(Cc1ccccc1)C1CCN(CCCNc2ccccc2)CC1. The Morgan fingerprint density at radius 3 is 2.28 bits per heavy atom. The number of Topliss-reactive ketones (excluding diaryl/α,β-unsaturated/α-hetero) is 1. The first-order valence-corrected chi connectivity index (χ1v) is 9.39. The predicted octanol–water partition coefficient (Wildman–Crippen LogP) is 4.01. The van der Waals surface area contributed by atoms with Gasteiger partial charge in [0.05, 0.1) is 0 Å². The largest absolute Gasteiger partial charge is 0.385 e. The van der Waals surface area contributed by atoms with Crippen LogP contribution in [0.1, 0.15) is 24.8 Å². The molecule has 0 radical (unpaired) electrons. The van der Waals surface area contributed by atoms with Crippen LogP contribution in [0.15, 0.2) is 60.7 Å². The normalized spacial score (nSPS) is 15.8. The molecular weight excluding hydrogens is 308 g/mol. The van der Waals surface area contributed by atoms with Crippen molar-refractivity contribution in [2.45, 2.75) is 25.7 Å². The molecule has 0 aromatic heterocycles. The molecule has 3 rings (SSSR count). The monoisotopic (exact) mass is 336 g/mol. The van der Waals surface area contributed by atoms with Crippen LogP contribution >= 0.6 is 0 Å². The summed E-state index contributed by atoms with van der Waals surface area (Å²) in [5, 5.41) is 3.46. The van der Waals surface area contributed by atoms with Gasteiger partial charge in [0.25, 0.3) is 0 Å². The molecule has 2 aromatic rings. The van der Waals surface area contributed by atoms with E-state index in [9.17, 15) is 4.79 Å². The number of benzene rings is 2. The van der Waals surface area contributed by atoms with Gasteiger partial charge in [0.2, 0.25) is 0 Å².